The molecule has 1 atom stereocenters. The largest absolute Gasteiger partial charge is 0.469 e. The smallest absolute Gasteiger partial charge is 0.338 e. The molecule has 0 fully saturated rings. The second-order valence-corrected chi connectivity index (χ2v) is 5.42. The summed E-state index contributed by atoms with van der Waals surface area (Å²) in [7, 11) is 2.44. The van der Waals surface area contributed by atoms with Gasteiger partial charge in [0.05, 0.1) is 25.7 Å². The van der Waals surface area contributed by atoms with Crippen molar-refractivity contribution in [2.75, 3.05) is 14.2 Å². The van der Waals surface area contributed by atoms with E-state index in [1.54, 1.807) is 12.1 Å². The summed E-state index contributed by atoms with van der Waals surface area (Å²) in [6.07, 6.45) is -0.303. The van der Waals surface area contributed by atoms with E-state index < -0.39 is 17.9 Å². The van der Waals surface area contributed by atoms with Crippen molar-refractivity contribution in [2.45, 2.75) is 19.3 Å². The van der Waals surface area contributed by atoms with Crippen molar-refractivity contribution in [3.63, 3.8) is 0 Å². The SMILES string of the molecule is COC(=O)CC1=C(C(=O)OC)C(c2ccc(C)cc2)C(C#N)=C(N)O1. The first-order valence-corrected chi connectivity index (χ1v) is 7.45. The predicted molar refractivity (Wildman–Crippen MR) is 87.5 cm³/mol. The minimum absolute atomic E-state index is 0.0146. The summed E-state index contributed by atoms with van der Waals surface area (Å²) in [5.74, 6) is -2.23. The molecule has 2 rings (SSSR count). The van der Waals surface area contributed by atoms with Crippen LogP contribution in [0.25, 0.3) is 0 Å². The number of rotatable bonds is 4. The number of nitrogens with zero attached hydrogens (tertiary/aromatic N) is 1. The van der Waals surface area contributed by atoms with Crippen LogP contribution in [0.4, 0.5) is 0 Å². The summed E-state index contributed by atoms with van der Waals surface area (Å²) in [5, 5.41) is 9.50. The highest BCUT2D eigenvalue weighted by molar-refractivity contribution is 5.93. The van der Waals surface area contributed by atoms with E-state index >= 15 is 0 Å². The van der Waals surface area contributed by atoms with Crippen LogP contribution in [0.3, 0.4) is 0 Å². The summed E-state index contributed by atoms with van der Waals surface area (Å²) in [6.45, 7) is 1.92. The molecule has 0 radical (unpaired) electrons. The van der Waals surface area contributed by atoms with Crippen LogP contribution in [0, 0.1) is 18.3 Å². The molecule has 1 unspecified atom stereocenters. The van der Waals surface area contributed by atoms with E-state index in [4.69, 9.17) is 15.2 Å². The van der Waals surface area contributed by atoms with Crippen LogP contribution in [0.5, 0.6) is 0 Å². The fourth-order valence-electron chi connectivity index (χ4n) is 2.58. The predicted octanol–water partition coefficient (Wildman–Crippen LogP) is 1.79. The van der Waals surface area contributed by atoms with Gasteiger partial charge in [0.25, 0.3) is 0 Å². The van der Waals surface area contributed by atoms with Gasteiger partial charge in [0.1, 0.15) is 23.8 Å². The van der Waals surface area contributed by atoms with Gasteiger partial charge < -0.3 is 19.9 Å². The summed E-state index contributed by atoms with van der Waals surface area (Å²) in [6, 6.07) is 9.26. The van der Waals surface area contributed by atoms with Crippen LogP contribution in [0.2, 0.25) is 0 Å². The van der Waals surface area contributed by atoms with Gasteiger partial charge in [0.2, 0.25) is 5.88 Å². The Hall–Kier alpha value is -3.27. The maximum absolute atomic E-state index is 12.4. The molecule has 1 heterocycles. The second-order valence-electron chi connectivity index (χ2n) is 5.42. The van der Waals surface area contributed by atoms with E-state index in [-0.39, 0.29) is 29.2 Å². The highest BCUT2D eigenvalue weighted by Gasteiger charge is 2.38. The first kappa shape index (κ1) is 18.1. The quantitative estimate of drug-likeness (QED) is 0.830. The lowest BCUT2D eigenvalue weighted by molar-refractivity contribution is -0.140. The zero-order chi connectivity index (χ0) is 18.6. The van der Waals surface area contributed by atoms with Gasteiger partial charge in [-0.25, -0.2) is 4.79 Å². The van der Waals surface area contributed by atoms with Gasteiger partial charge >= 0.3 is 11.9 Å². The minimum Gasteiger partial charge on any atom is -0.469 e. The third kappa shape index (κ3) is 3.63. The number of carbonyl (C=O) groups excluding carboxylic acids is 2. The summed E-state index contributed by atoms with van der Waals surface area (Å²) >= 11 is 0. The molecule has 130 valence electrons. The Bertz CT molecular complexity index is 800. The highest BCUT2D eigenvalue weighted by Crippen LogP contribution is 2.40. The molecule has 2 N–H and O–H groups in total. The van der Waals surface area contributed by atoms with Gasteiger partial charge in [0.15, 0.2) is 0 Å². The Morgan fingerprint density at radius 2 is 1.88 bits per heavy atom. The van der Waals surface area contributed by atoms with Crippen LogP contribution < -0.4 is 5.73 Å². The Kier molecular flexibility index (Phi) is 5.45. The molecule has 0 aliphatic carbocycles. The number of nitriles is 1. The Labute approximate surface area is 145 Å². The standard InChI is InChI=1S/C18H18N2O5/c1-10-4-6-11(7-5-10)15-12(9-19)17(20)25-13(8-14(21)23-2)16(15)18(22)24-3/h4-7,15H,8,20H2,1-3H3. The van der Waals surface area contributed by atoms with E-state index in [2.05, 4.69) is 4.74 Å². The number of hydrogen-bond acceptors (Lipinski definition) is 7. The molecular weight excluding hydrogens is 324 g/mol. The second kappa shape index (κ2) is 7.53. The molecule has 1 aliphatic rings. The molecule has 0 saturated carbocycles. The van der Waals surface area contributed by atoms with Gasteiger partial charge in [0, 0.05) is 0 Å². The van der Waals surface area contributed by atoms with E-state index in [9.17, 15) is 14.9 Å². The van der Waals surface area contributed by atoms with Crippen molar-refractivity contribution in [2.24, 2.45) is 5.73 Å². The zero-order valence-electron chi connectivity index (χ0n) is 14.2. The highest BCUT2D eigenvalue weighted by atomic mass is 16.5. The number of benzene rings is 1. The maximum Gasteiger partial charge on any atom is 0.338 e. The Balaban J connectivity index is 2.66. The Morgan fingerprint density at radius 1 is 1.24 bits per heavy atom. The normalized spacial score (nSPS) is 16.8. The van der Waals surface area contributed by atoms with Gasteiger partial charge in [-0.05, 0) is 12.5 Å². The molecule has 7 heteroatoms. The van der Waals surface area contributed by atoms with E-state index in [0.29, 0.717) is 5.56 Å². The molecule has 25 heavy (non-hydrogen) atoms. The molecular formula is C18H18N2O5. The maximum atomic E-state index is 12.4. The van der Waals surface area contributed by atoms with Crippen molar-refractivity contribution in [1.82, 2.24) is 0 Å². The van der Waals surface area contributed by atoms with Crippen LogP contribution in [-0.4, -0.2) is 26.2 Å². The molecule has 1 aliphatic heterocycles. The van der Waals surface area contributed by atoms with Gasteiger partial charge in [-0.3, -0.25) is 4.79 Å². The van der Waals surface area contributed by atoms with Crippen molar-refractivity contribution in [3.05, 3.63) is 58.2 Å². The molecule has 0 saturated heterocycles. The van der Waals surface area contributed by atoms with E-state index in [1.165, 1.54) is 14.2 Å². The van der Waals surface area contributed by atoms with Crippen molar-refractivity contribution in [3.8, 4) is 6.07 Å². The number of esters is 2. The van der Waals surface area contributed by atoms with Crippen LogP contribution in [0.1, 0.15) is 23.5 Å². The number of hydrogen-bond donors (Lipinski definition) is 1. The van der Waals surface area contributed by atoms with Crippen LogP contribution in [-0.2, 0) is 23.8 Å². The summed E-state index contributed by atoms with van der Waals surface area (Å²) in [5.41, 5.74) is 7.68. The van der Waals surface area contributed by atoms with Crippen LogP contribution >= 0.6 is 0 Å². The van der Waals surface area contributed by atoms with E-state index in [1.807, 2.05) is 25.1 Å². The lowest BCUT2D eigenvalue weighted by atomic mass is 9.82. The number of ether oxygens (including phenoxy) is 3. The monoisotopic (exact) mass is 342 g/mol. The molecule has 0 bridgehead atoms. The zero-order valence-corrected chi connectivity index (χ0v) is 14.2. The van der Waals surface area contributed by atoms with Gasteiger partial charge in [-0.15, -0.1) is 0 Å². The third-order valence-corrected chi connectivity index (χ3v) is 3.85. The first-order chi connectivity index (χ1) is 11.9. The molecule has 0 aromatic heterocycles. The van der Waals surface area contributed by atoms with Crippen LogP contribution in [0.15, 0.2) is 47.1 Å². The number of methoxy groups -OCH3 is 2. The number of nitrogens with two attached hydrogens (primary N) is 1. The lowest BCUT2D eigenvalue weighted by Crippen LogP contribution is -2.26. The molecule has 1 aromatic carbocycles. The summed E-state index contributed by atoms with van der Waals surface area (Å²) < 4.78 is 14.9. The van der Waals surface area contributed by atoms with E-state index in [0.717, 1.165) is 5.56 Å². The average molecular weight is 342 g/mol. The topological polar surface area (TPSA) is 112 Å². The van der Waals surface area contributed by atoms with Crippen molar-refractivity contribution >= 4 is 11.9 Å². The number of aryl methyl sites for hydroxylation is 1. The molecule has 0 amide bonds. The van der Waals surface area contributed by atoms with Gasteiger partial charge in [-0.2, -0.15) is 5.26 Å². The Morgan fingerprint density at radius 3 is 2.40 bits per heavy atom. The van der Waals surface area contributed by atoms with Crippen molar-refractivity contribution < 1.29 is 23.8 Å². The number of allylic oxidation sites excluding steroid dienone is 1. The number of carbonyl (C=O) groups is 2. The third-order valence-electron chi connectivity index (χ3n) is 3.85. The first-order valence-electron chi connectivity index (χ1n) is 7.45. The van der Waals surface area contributed by atoms with Crippen molar-refractivity contribution in [1.29, 1.82) is 5.26 Å². The average Bonchev–Trinajstić information content (AvgIpc) is 2.61. The molecule has 7 nitrogen and oxygen atoms in total. The fraction of sp³-hybridized carbons (Fsp3) is 0.278. The molecule has 1 aromatic rings. The van der Waals surface area contributed by atoms with Gasteiger partial charge in [-0.1, -0.05) is 29.8 Å². The molecule has 0 spiro atoms. The minimum atomic E-state index is -0.786. The fourth-order valence-corrected chi connectivity index (χ4v) is 2.58. The summed E-state index contributed by atoms with van der Waals surface area (Å²) in [4.78, 5) is 24.1. The lowest BCUT2D eigenvalue weighted by Gasteiger charge is -2.27.